The number of carbonyl (C=O) groups is 1. The van der Waals surface area contributed by atoms with Crippen LogP contribution in [0.25, 0.3) is 0 Å². The minimum Gasteiger partial charge on any atom is -0.317 e. The van der Waals surface area contributed by atoms with Gasteiger partial charge in [0.2, 0.25) is 0 Å². The lowest BCUT2D eigenvalue weighted by molar-refractivity contribution is -0.923. The highest BCUT2D eigenvalue weighted by molar-refractivity contribution is 5.79. The predicted octanol–water partition coefficient (Wildman–Crippen LogP) is 1.99. The molecular formula is C11H22NO+. The van der Waals surface area contributed by atoms with Gasteiger partial charge >= 0.3 is 0 Å². The Balaban J connectivity index is 2.58. The van der Waals surface area contributed by atoms with Crippen molar-refractivity contribution in [1.82, 2.24) is 0 Å². The number of nitrogens with zero attached hydrogens (tertiary/aromatic N) is 1. The molecule has 1 fully saturated rings. The summed E-state index contributed by atoms with van der Waals surface area (Å²) in [5.74, 6) is 0.480. The fraction of sp³-hybridized carbons (Fsp3) is 0.909. The smallest absolute Gasteiger partial charge is 0.187 e. The highest BCUT2D eigenvalue weighted by Gasteiger charge is 2.32. The summed E-state index contributed by atoms with van der Waals surface area (Å²) in [5.41, 5.74) is 0. The van der Waals surface area contributed by atoms with E-state index >= 15 is 0 Å². The summed E-state index contributed by atoms with van der Waals surface area (Å²) in [6, 6.07) is 0. The third kappa shape index (κ3) is 2.80. The molecule has 0 aromatic heterocycles. The molecule has 13 heavy (non-hydrogen) atoms. The molecule has 1 aliphatic rings. The third-order valence-corrected chi connectivity index (χ3v) is 3.00. The monoisotopic (exact) mass is 184 g/mol. The lowest BCUT2D eigenvalue weighted by Gasteiger charge is -2.40. The zero-order valence-electron chi connectivity index (χ0n) is 9.01. The molecule has 0 spiro atoms. The molecule has 1 heterocycles. The van der Waals surface area contributed by atoms with Gasteiger partial charge in [-0.3, -0.25) is 4.79 Å². The quantitative estimate of drug-likeness (QED) is 0.611. The maximum absolute atomic E-state index is 11.4. The Morgan fingerprint density at radius 3 is 2.31 bits per heavy atom. The fourth-order valence-electron chi connectivity index (χ4n) is 2.59. The lowest BCUT2D eigenvalue weighted by atomic mass is 10.1. The van der Waals surface area contributed by atoms with E-state index in [9.17, 15) is 4.79 Å². The Labute approximate surface area is 81.5 Å². The zero-order valence-corrected chi connectivity index (χ0v) is 9.01. The first-order valence-corrected chi connectivity index (χ1v) is 5.59. The van der Waals surface area contributed by atoms with Crippen LogP contribution in [0.3, 0.4) is 0 Å². The van der Waals surface area contributed by atoms with E-state index in [-0.39, 0.29) is 0 Å². The van der Waals surface area contributed by atoms with Crippen LogP contribution in [0.1, 0.15) is 39.5 Å². The highest BCUT2D eigenvalue weighted by Crippen LogP contribution is 2.18. The molecule has 0 bridgehead atoms. The Hall–Kier alpha value is -0.370. The van der Waals surface area contributed by atoms with Crippen molar-refractivity contribution in [3.63, 3.8) is 0 Å². The van der Waals surface area contributed by atoms with Crippen LogP contribution >= 0.6 is 0 Å². The largest absolute Gasteiger partial charge is 0.317 e. The van der Waals surface area contributed by atoms with Crippen LogP contribution in [0.2, 0.25) is 0 Å². The van der Waals surface area contributed by atoms with E-state index in [0.717, 1.165) is 23.9 Å². The van der Waals surface area contributed by atoms with Crippen LogP contribution < -0.4 is 0 Å². The summed E-state index contributed by atoms with van der Waals surface area (Å²) in [4.78, 5) is 11.4. The average molecular weight is 184 g/mol. The number of hydrogen-bond donors (Lipinski definition) is 0. The first-order chi connectivity index (χ1) is 6.22. The average Bonchev–Trinajstić information content (AvgIpc) is 2.04. The molecule has 1 rings (SSSR count). The Morgan fingerprint density at radius 2 is 1.85 bits per heavy atom. The number of rotatable bonds is 4. The summed E-state index contributed by atoms with van der Waals surface area (Å²) in [6.45, 7) is 8.86. The first-order valence-electron chi connectivity index (χ1n) is 5.59. The topological polar surface area (TPSA) is 17.1 Å². The first kappa shape index (κ1) is 10.7. The molecule has 76 valence electrons. The molecule has 0 aromatic carbocycles. The van der Waals surface area contributed by atoms with Crippen molar-refractivity contribution in [2.75, 3.05) is 26.2 Å². The van der Waals surface area contributed by atoms with Gasteiger partial charge in [0.15, 0.2) is 5.78 Å². The van der Waals surface area contributed by atoms with Gasteiger partial charge in [-0.25, -0.2) is 0 Å². The molecule has 2 heteroatoms. The van der Waals surface area contributed by atoms with Crippen molar-refractivity contribution in [2.24, 2.45) is 0 Å². The van der Waals surface area contributed by atoms with E-state index in [1.54, 1.807) is 0 Å². The van der Waals surface area contributed by atoms with Gasteiger partial charge < -0.3 is 4.48 Å². The molecule has 0 unspecified atom stereocenters. The minimum atomic E-state index is 0.480. The molecule has 0 amide bonds. The Morgan fingerprint density at radius 1 is 1.23 bits per heavy atom. The van der Waals surface area contributed by atoms with Crippen molar-refractivity contribution >= 4 is 5.78 Å². The number of quaternary nitrogens is 1. The Kier molecular flexibility index (Phi) is 3.91. The zero-order chi connectivity index (χ0) is 9.73. The van der Waals surface area contributed by atoms with Gasteiger partial charge in [0.05, 0.1) is 19.6 Å². The molecule has 0 N–H and O–H groups in total. The van der Waals surface area contributed by atoms with E-state index in [2.05, 4.69) is 13.8 Å². The maximum Gasteiger partial charge on any atom is 0.187 e. The van der Waals surface area contributed by atoms with Crippen molar-refractivity contribution in [1.29, 1.82) is 0 Å². The molecule has 2 nitrogen and oxygen atoms in total. The van der Waals surface area contributed by atoms with Gasteiger partial charge in [0.1, 0.15) is 6.54 Å². The molecule has 0 atom stereocenters. The molecule has 0 radical (unpaired) electrons. The summed E-state index contributed by atoms with van der Waals surface area (Å²) in [7, 11) is 0. The molecule has 0 aromatic rings. The lowest BCUT2D eigenvalue weighted by Crippen LogP contribution is -2.55. The van der Waals surface area contributed by atoms with Crippen LogP contribution in [0.15, 0.2) is 0 Å². The van der Waals surface area contributed by atoms with Gasteiger partial charge in [0.25, 0.3) is 0 Å². The van der Waals surface area contributed by atoms with Crippen LogP contribution in [0.4, 0.5) is 0 Å². The minimum absolute atomic E-state index is 0.480. The molecule has 0 aliphatic carbocycles. The summed E-state index contributed by atoms with van der Waals surface area (Å²) < 4.78 is 1.08. The maximum atomic E-state index is 11.4. The van der Waals surface area contributed by atoms with Crippen LogP contribution in [0.5, 0.6) is 0 Å². The van der Waals surface area contributed by atoms with Crippen LogP contribution in [0, 0.1) is 0 Å². The second-order valence-electron chi connectivity index (χ2n) is 4.31. The fourth-order valence-corrected chi connectivity index (χ4v) is 2.59. The summed E-state index contributed by atoms with van der Waals surface area (Å²) >= 11 is 0. The second-order valence-corrected chi connectivity index (χ2v) is 4.31. The molecule has 1 saturated heterocycles. The van der Waals surface area contributed by atoms with Gasteiger partial charge in [-0.05, 0) is 12.8 Å². The second kappa shape index (κ2) is 4.75. The van der Waals surface area contributed by atoms with Crippen molar-refractivity contribution in [3.8, 4) is 0 Å². The van der Waals surface area contributed by atoms with Gasteiger partial charge in [-0.2, -0.15) is 0 Å². The van der Waals surface area contributed by atoms with Gasteiger partial charge in [-0.1, -0.05) is 13.8 Å². The third-order valence-electron chi connectivity index (χ3n) is 3.00. The summed E-state index contributed by atoms with van der Waals surface area (Å²) in [5, 5.41) is 0. The summed E-state index contributed by atoms with van der Waals surface area (Å²) in [6.07, 6.45) is 4.34. The normalized spacial score (nSPS) is 21.8. The number of likely N-dealkylation sites (tertiary alicyclic amines) is 1. The Bertz CT molecular complexity index is 165. The molecule has 0 saturated carbocycles. The van der Waals surface area contributed by atoms with Crippen molar-refractivity contribution in [2.45, 2.75) is 39.5 Å². The van der Waals surface area contributed by atoms with Crippen molar-refractivity contribution in [3.05, 3.63) is 0 Å². The van der Waals surface area contributed by atoms with Crippen LogP contribution in [-0.2, 0) is 4.79 Å². The number of piperidine rings is 1. The number of hydrogen-bond acceptors (Lipinski definition) is 1. The van der Waals surface area contributed by atoms with Gasteiger partial charge in [-0.15, -0.1) is 0 Å². The van der Waals surface area contributed by atoms with E-state index in [4.69, 9.17) is 0 Å². The highest BCUT2D eigenvalue weighted by atomic mass is 16.1. The van der Waals surface area contributed by atoms with Gasteiger partial charge in [0, 0.05) is 12.8 Å². The van der Waals surface area contributed by atoms with E-state index in [1.165, 1.54) is 32.5 Å². The molecular weight excluding hydrogens is 162 g/mol. The number of Topliss-reactive ketones (excluding diaryl/α,β-unsaturated/α-hetero) is 1. The van der Waals surface area contributed by atoms with E-state index < -0.39 is 0 Å². The number of carbonyl (C=O) groups excluding carboxylic acids is 1. The number of ketones is 1. The SMILES string of the molecule is CCC[N+]1(CCC)CCCC(=O)C1. The van der Waals surface area contributed by atoms with E-state index in [1.807, 2.05) is 0 Å². The predicted molar refractivity (Wildman–Crippen MR) is 54.6 cm³/mol. The standard InChI is InChI=1S/C11H22NO/c1-3-7-12(8-4-2)9-5-6-11(13)10-12/h3-10H2,1-2H3/q+1. The van der Waals surface area contributed by atoms with E-state index in [0.29, 0.717) is 5.78 Å². The molecule has 1 aliphatic heterocycles. The van der Waals surface area contributed by atoms with Crippen LogP contribution in [-0.4, -0.2) is 36.4 Å². The van der Waals surface area contributed by atoms with Crippen molar-refractivity contribution < 1.29 is 9.28 Å².